The molecule has 358 valence electrons. The number of hydrogen-bond acceptors (Lipinski definition) is 15. The predicted octanol–water partition coefficient (Wildman–Crippen LogP) is 5.70. The monoisotopic (exact) mass is 929 g/mol. The third kappa shape index (κ3) is 13.9. The molecule has 66 heavy (non-hydrogen) atoms. The van der Waals surface area contributed by atoms with Gasteiger partial charge in [-0.3, -0.25) is 34.3 Å². The lowest BCUT2D eigenvalue weighted by atomic mass is 9.97. The van der Waals surface area contributed by atoms with Crippen LogP contribution in [0.1, 0.15) is 93.1 Å². The number of guanidine groups is 1. The minimum atomic E-state index is -0.916. The summed E-state index contributed by atoms with van der Waals surface area (Å²) in [5.74, 6) is 0.874. The molecule has 1 atom stereocenters. The van der Waals surface area contributed by atoms with Crippen molar-refractivity contribution >= 4 is 68.9 Å². The molecule has 2 aliphatic heterocycles. The van der Waals surface area contributed by atoms with E-state index in [1.807, 2.05) is 57.0 Å². The maximum Gasteiger partial charge on any atom is 0.259 e. The molecule has 19 heteroatoms. The molecule has 6 N–H and O–H groups in total. The molecular weight excluding hydrogens is 861 g/mol. The fourth-order valence-corrected chi connectivity index (χ4v) is 8.76. The van der Waals surface area contributed by atoms with Crippen LogP contribution in [0.3, 0.4) is 0 Å². The highest BCUT2D eigenvalue weighted by atomic mass is 32.1. The maximum atomic E-state index is 13.6. The van der Waals surface area contributed by atoms with E-state index in [-0.39, 0.29) is 42.7 Å². The van der Waals surface area contributed by atoms with Crippen molar-refractivity contribution in [2.24, 2.45) is 4.99 Å². The lowest BCUT2D eigenvalue weighted by Crippen LogP contribution is -2.49. The quantitative estimate of drug-likeness (QED) is 0.0670. The zero-order valence-corrected chi connectivity index (χ0v) is 40.0. The first-order valence-corrected chi connectivity index (χ1v) is 24.1. The highest BCUT2D eigenvalue weighted by molar-refractivity contribution is 7.15. The third-order valence-electron chi connectivity index (χ3n) is 12.1. The van der Waals surface area contributed by atoms with Crippen LogP contribution >= 0.6 is 11.3 Å². The van der Waals surface area contributed by atoms with E-state index in [1.165, 1.54) is 11.3 Å². The van der Waals surface area contributed by atoms with Gasteiger partial charge in [0, 0.05) is 55.9 Å². The first kappa shape index (κ1) is 49.8. The zero-order valence-electron chi connectivity index (χ0n) is 39.2. The second-order valence-corrected chi connectivity index (χ2v) is 18.3. The highest BCUT2D eigenvalue weighted by Gasteiger charge is 2.42. The predicted molar refractivity (Wildman–Crippen MR) is 261 cm³/mol. The number of nitrogens with zero attached hydrogens (tertiary/aromatic N) is 6. The number of anilines is 5. The van der Waals surface area contributed by atoms with Crippen molar-refractivity contribution in [1.82, 2.24) is 30.4 Å². The summed E-state index contributed by atoms with van der Waals surface area (Å²) >= 11 is 1.40. The highest BCUT2D eigenvalue weighted by Crippen LogP contribution is 2.32. The summed E-state index contributed by atoms with van der Waals surface area (Å²) in [5.41, 5.74) is 2.48. The summed E-state index contributed by atoms with van der Waals surface area (Å²) in [6.45, 7) is 19.6. The fourth-order valence-electron chi connectivity index (χ4n) is 7.95. The number of nitrogens with one attached hydrogen (secondary N) is 6. The topological polar surface area (TPSA) is 207 Å². The van der Waals surface area contributed by atoms with Gasteiger partial charge < -0.3 is 41.0 Å². The molecule has 3 aliphatic rings. The number of pyridine rings is 1. The third-order valence-corrected chi connectivity index (χ3v) is 13.1. The number of aliphatic imine (C=N–C) groups is 1. The number of thiazole rings is 1. The van der Waals surface area contributed by atoms with Crippen molar-refractivity contribution in [1.29, 1.82) is 0 Å². The Hall–Kier alpha value is -5.63. The summed E-state index contributed by atoms with van der Waals surface area (Å²) in [6, 6.07) is 9.36. The number of aromatic nitrogens is 2. The van der Waals surface area contributed by atoms with Crippen molar-refractivity contribution < 1.29 is 28.7 Å². The molecule has 0 spiro atoms. The molecule has 2 fully saturated rings. The fraction of sp³-hybridized carbons (Fsp3) is 0.553. The Morgan fingerprint density at radius 2 is 1.71 bits per heavy atom. The molecule has 4 amide bonds. The van der Waals surface area contributed by atoms with Crippen LogP contribution in [0.2, 0.25) is 0 Å². The summed E-state index contributed by atoms with van der Waals surface area (Å²) < 4.78 is 11.3. The maximum absolute atomic E-state index is 13.6. The molecule has 2 aromatic heterocycles. The second-order valence-electron chi connectivity index (χ2n) is 17.1. The average molecular weight is 929 g/mol. The van der Waals surface area contributed by atoms with Gasteiger partial charge in [0.2, 0.25) is 17.8 Å². The van der Waals surface area contributed by atoms with E-state index >= 15 is 0 Å². The van der Waals surface area contributed by atoms with Crippen molar-refractivity contribution in [3.63, 3.8) is 0 Å². The molecule has 0 bridgehead atoms. The summed E-state index contributed by atoms with van der Waals surface area (Å²) in [6.07, 6.45) is 8.68. The van der Waals surface area contributed by atoms with Crippen LogP contribution in [0.15, 0.2) is 53.9 Å². The minimum Gasteiger partial charge on any atom is -0.385 e. The van der Waals surface area contributed by atoms with Gasteiger partial charge in [0.05, 0.1) is 68.2 Å². The number of amides is 4. The van der Waals surface area contributed by atoms with Gasteiger partial charge in [-0.25, -0.2) is 15.0 Å². The molecule has 1 saturated carbocycles. The Bertz CT molecular complexity index is 2150. The van der Waals surface area contributed by atoms with Crippen molar-refractivity contribution in [2.75, 3.05) is 98.4 Å². The van der Waals surface area contributed by atoms with Crippen molar-refractivity contribution in [3.05, 3.63) is 65.1 Å². The van der Waals surface area contributed by atoms with E-state index < -0.39 is 5.54 Å². The van der Waals surface area contributed by atoms with E-state index in [4.69, 9.17) is 14.5 Å². The Morgan fingerprint density at radius 1 is 0.955 bits per heavy atom. The average Bonchev–Trinajstić information content (AvgIpc) is 3.92. The van der Waals surface area contributed by atoms with Crippen LogP contribution in [0.5, 0.6) is 0 Å². The van der Waals surface area contributed by atoms with E-state index in [0.29, 0.717) is 73.3 Å². The number of piperazine rings is 1. The van der Waals surface area contributed by atoms with E-state index in [9.17, 15) is 19.2 Å². The SMILES string of the molecule is C=C1NC(Nc2ccc(N3CCN(CC(=O)NCCOCCOCCC(=O)Nc4cc(NCCCC)ccc4C(=O)Nc4nc(C)c(C)s4)CC3)cn2)=NC(C)(CC)C(=O)N1C1CCCC1. The van der Waals surface area contributed by atoms with Gasteiger partial charge in [-0.05, 0) is 76.8 Å². The van der Waals surface area contributed by atoms with Crippen LogP contribution < -0.4 is 36.8 Å². The number of ether oxygens (including phenoxy) is 2. The van der Waals surface area contributed by atoms with Gasteiger partial charge in [0.25, 0.3) is 11.8 Å². The molecule has 18 nitrogen and oxygen atoms in total. The first-order valence-electron chi connectivity index (χ1n) is 23.3. The smallest absolute Gasteiger partial charge is 0.259 e. The first-order chi connectivity index (χ1) is 31.8. The van der Waals surface area contributed by atoms with E-state index in [2.05, 4.69) is 65.2 Å². The number of aryl methyl sites for hydroxylation is 2. The lowest BCUT2D eigenvalue weighted by molar-refractivity contribution is -0.136. The molecule has 1 aromatic carbocycles. The standard InChI is InChI=1S/C47H68N12O6S/c1-7-9-19-48-35-14-16-38(43(62)55-46-51-32(3)33(4)66-46)39(29-35)53-41(60)18-25-64-27-28-65-26-20-49-42(61)31-57-21-23-58(24-22-57)37-15-17-40(50-30-37)54-45-52-34(5)59(36-12-10-11-13-36)44(63)47(6,8-2)56-45/h14-17,29-30,36,48H,5,7-13,18-28,31H2,1-4,6H3,(H,49,61)(H,53,60)(H,51,55,62)(H2,50,52,54,56). The summed E-state index contributed by atoms with van der Waals surface area (Å²) in [4.78, 5) is 73.6. The summed E-state index contributed by atoms with van der Waals surface area (Å²) in [7, 11) is 0. The minimum absolute atomic E-state index is 0.0251. The van der Waals surface area contributed by atoms with Crippen molar-refractivity contribution in [3.8, 4) is 0 Å². The van der Waals surface area contributed by atoms with E-state index in [1.54, 1.807) is 12.1 Å². The number of benzene rings is 1. The van der Waals surface area contributed by atoms with Crippen LogP contribution in [0, 0.1) is 13.8 Å². The molecule has 3 aromatic rings. The number of rotatable bonds is 22. The van der Waals surface area contributed by atoms with Gasteiger partial charge in [-0.1, -0.05) is 39.7 Å². The van der Waals surface area contributed by atoms with Crippen LogP contribution in [-0.2, 0) is 23.9 Å². The van der Waals surface area contributed by atoms with E-state index in [0.717, 1.165) is 93.2 Å². The second kappa shape index (κ2) is 24.2. The van der Waals surface area contributed by atoms with Crippen LogP contribution in [0.4, 0.5) is 28.0 Å². The Kier molecular flexibility index (Phi) is 18.3. The number of carbonyl (C=O) groups excluding carboxylic acids is 4. The van der Waals surface area contributed by atoms with Crippen LogP contribution in [0.25, 0.3) is 0 Å². The van der Waals surface area contributed by atoms with Gasteiger partial charge in [-0.15, -0.1) is 11.3 Å². The zero-order chi connectivity index (χ0) is 47.1. The van der Waals surface area contributed by atoms with Crippen molar-refractivity contribution in [2.45, 2.75) is 97.6 Å². The summed E-state index contributed by atoms with van der Waals surface area (Å²) in [5, 5.41) is 19.0. The van der Waals surface area contributed by atoms with Gasteiger partial charge in [-0.2, -0.15) is 0 Å². The normalized spacial score (nSPS) is 18.1. The number of hydrogen-bond donors (Lipinski definition) is 6. The van der Waals surface area contributed by atoms with Crippen LogP contribution in [-0.4, -0.2) is 133 Å². The number of unbranched alkanes of at least 4 members (excludes halogenated alkanes) is 1. The van der Waals surface area contributed by atoms with Gasteiger partial charge in [0.1, 0.15) is 17.2 Å². The molecule has 4 heterocycles. The Balaban J connectivity index is 0.836. The lowest BCUT2D eigenvalue weighted by Gasteiger charge is -2.35. The molecule has 1 unspecified atom stereocenters. The molecular formula is C47H68N12O6S. The molecule has 0 radical (unpaired) electrons. The van der Waals surface area contributed by atoms with Gasteiger partial charge in [0.15, 0.2) is 5.13 Å². The molecule has 6 rings (SSSR count). The number of carbonyl (C=O) groups is 4. The largest absolute Gasteiger partial charge is 0.385 e. The Morgan fingerprint density at radius 3 is 2.39 bits per heavy atom. The molecule has 1 aliphatic carbocycles. The Labute approximate surface area is 392 Å². The van der Waals surface area contributed by atoms with Gasteiger partial charge >= 0.3 is 0 Å². The molecule has 1 saturated heterocycles.